The minimum Gasteiger partial charge on any atom is -0.481 e. The van der Waals surface area contributed by atoms with Gasteiger partial charge in [0.1, 0.15) is 5.75 Å². The van der Waals surface area contributed by atoms with Crippen LogP contribution >= 0.6 is 0 Å². The number of carbonyl (C=O) groups is 1. The summed E-state index contributed by atoms with van der Waals surface area (Å²) >= 11 is 0. The molecule has 0 fully saturated rings. The van der Waals surface area contributed by atoms with Crippen molar-refractivity contribution in [1.82, 2.24) is 5.32 Å². The van der Waals surface area contributed by atoms with E-state index in [9.17, 15) is 4.79 Å². The van der Waals surface area contributed by atoms with Crippen molar-refractivity contribution < 1.29 is 14.6 Å². The van der Waals surface area contributed by atoms with E-state index in [0.717, 1.165) is 0 Å². The molecule has 1 rings (SSSR count). The van der Waals surface area contributed by atoms with Crippen LogP contribution in [-0.4, -0.2) is 29.8 Å². The third-order valence-corrected chi connectivity index (χ3v) is 3.26. The Balaban J connectivity index is 2.50. The molecule has 0 saturated carbocycles. The first-order valence-electron chi connectivity index (χ1n) is 7.43. The van der Waals surface area contributed by atoms with Gasteiger partial charge in [-0.15, -0.1) is 0 Å². The number of aliphatic hydroxyl groups is 1. The predicted octanol–water partition coefficient (Wildman–Crippen LogP) is 2.64. The van der Waals surface area contributed by atoms with Gasteiger partial charge in [-0.3, -0.25) is 4.79 Å². The van der Waals surface area contributed by atoms with Crippen molar-refractivity contribution in [3.05, 3.63) is 29.8 Å². The number of ether oxygens (including phenoxy) is 1. The molecule has 4 nitrogen and oxygen atoms in total. The van der Waals surface area contributed by atoms with Gasteiger partial charge in [0.2, 0.25) is 0 Å². The molecular formula is C17H27NO3. The molecule has 2 N–H and O–H groups in total. The van der Waals surface area contributed by atoms with Crippen LogP contribution in [-0.2, 0) is 10.2 Å². The smallest absolute Gasteiger partial charge is 0.260 e. The molecule has 118 valence electrons. The van der Waals surface area contributed by atoms with Crippen LogP contribution in [0.15, 0.2) is 24.3 Å². The Morgan fingerprint density at radius 3 is 2.29 bits per heavy atom. The Kier molecular flexibility index (Phi) is 6.21. The van der Waals surface area contributed by atoms with Gasteiger partial charge >= 0.3 is 0 Å². The van der Waals surface area contributed by atoms with Gasteiger partial charge in [0, 0.05) is 6.54 Å². The number of benzene rings is 1. The second-order valence-corrected chi connectivity index (χ2v) is 6.46. The lowest BCUT2D eigenvalue weighted by molar-refractivity contribution is -0.127. The van der Waals surface area contributed by atoms with Crippen molar-refractivity contribution in [2.24, 2.45) is 0 Å². The van der Waals surface area contributed by atoms with Crippen LogP contribution < -0.4 is 10.1 Å². The fraction of sp³-hybridized carbons (Fsp3) is 0.588. The van der Waals surface area contributed by atoms with Gasteiger partial charge in [-0.25, -0.2) is 0 Å². The van der Waals surface area contributed by atoms with Gasteiger partial charge < -0.3 is 15.2 Å². The molecule has 4 heteroatoms. The van der Waals surface area contributed by atoms with E-state index in [2.05, 4.69) is 26.1 Å². The molecule has 2 atom stereocenters. The summed E-state index contributed by atoms with van der Waals surface area (Å²) in [6.07, 6.45) is -0.426. The third kappa shape index (κ3) is 6.17. The van der Waals surface area contributed by atoms with Crippen molar-refractivity contribution in [2.75, 3.05) is 6.54 Å². The zero-order chi connectivity index (χ0) is 16.0. The second kappa shape index (κ2) is 7.46. The Morgan fingerprint density at radius 2 is 1.81 bits per heavy atom. The highest BCUT2D eigenvalue weighted by Crippen LogP contribution is 2.24. The Bertz CT molecular complexity index is 446. The lowest BCUT2D eigenvalue weighted by Crippen LogP contribution is -2.37. The fourth-order valence-corrected chi connectivity index (χ4v) is 1.84. The SMILES string of the molecule is CC(O)CCNC(=O)C(C)Oc1ccc(C(C)(C)C)cc1. The number of hydrogen-bond donors (Lipinski definition) is 2. The van der Waals surface area contributed by atoms with E-state index in [4.69, 9.17) is 9.84 Å². The Labute approximate surface area is 127 Å². The van der Waals surface area contributed by atoms with Gasteiger partial charge in [-0.2, -0.15) is 0 Å². The Hall–Kier alpha value is -1.55. The van der Waals surface area contributed by atoms with Crippen LogP contribution in [0.25, 0.3) is 0 Å². The molecule has 0 aromatic heterocycles. The first kappa shape index (κ1) is 17.5. The lowest BCUT2D eigenvalue weighted by atomic mass is 9.87. The zero-order valence-corrected chi connectivity index (χ0v) is 13.6. The summed E-state index contributed by atoms with van der Waals surface area (Å²) in [7, 11) is 0. The molecule has 0 spiro atoms. The quantitative estimate of drug-likeness (QED) is 0.847. The molecule has 0 saturated heterocycles. The van der Waals surface area contributed by atoms with E-state index >= 15 is 0 Å². The number of amides is 1. The molecule has 1 aromatic carbocycles. The third-order valence-electron chi connectivity index (χ3n) is 3.26. The molecule has 0 bridgehead atoms. The van der Waals surface area contributed by atoms with E-state index in [0.29, 0.717) is 18.7 Å². The maximum Gasteiger partial charge on any atom is 0.260 e. The molecule has 21 heavy (non-hydrogen) atoms. The van der Waals surface area contributed by atoms with E-state index in [1.807, 2.05) is 24.3 Å². The zero-order valence-electron chi connectivity index (χ0n) is 13.6. The number of aliphatic hydroxyl groups excluding tert-OH is 1. The summed E-state index contributed by atoms with van der Waals surface area (Å²) in [4.78, 5) is 11.8. The van der Waals surface area contributed by atoms with Gasteiger partial charge in [0.05, 0.1) is 6.10 Å². The summed E-state index contributed by atoms with van der Waals surface area (Å²) in [5.41, 5.74) is 1.33. The van der Waals surface area contributed by atoms with E-state index in [1.54, 1.807) is 13.8 Å². The van der Waals surface area contributed by atoms with Crippen LogP contribution in [0.3, 0.4) is 0 Å². The molecule has 1 aromatic rings. The number of nitrogens with one attached hydrogen (secondary N) is 1. The van der Waals surface area contributed by atoms with Gasteiger partial charge in [-0.05, 0) is 43.4 Å². The largest absolute Gasteiger partial charge is 0.481 e. The summed E-state index contributed by atoms with van der Waals surface area (Å²) < 4.78 is 5.63. The molecule has 0 radical (unpaired) electrons. The highest BCUT2D eigenvalue weighted by Gasteiger charge is 2.16. The van der Waals surface area contributed by atoms with Crippen LogP contribution in [0.5, 0.6) is 5.75 Å². The molecule has 1 amide bonds. The first-order chi connectivity index (χ1) is 9.70. The summed E-state index contributed by atoms with van der Waals surface area (Å²) in [5.74, 6) is 0.511. The normalized spacial score (nSPS) is 14.4. The van der Waals surface area contributed by atoms with Gasteiger partial charge in [0.25, 0.3) is 5.91 Å². The van der Waals surface area contributed by atoms with E-state index in [-0.39, 0.29) is 11.3 Å². The fourth-order valence-electron chi connectivity index (χ4n) is 1.84. The van der Waals surface area contributed by atoms with Gasteiger partial charge in [0.15, 0.2) is 6.10 Å². The molecule has 0 aliphatic rings. The Morgan fingerprint density at radius 1 is 1.24 bits per heavy atom. The summed E-state index contributed by atoms with van der Waals surface area (Å²) in [6.45, 7) is 10.3. The molecule has 2 unspecified atom stereocenters. The number of hydrogen-bond acceptors (Lipinski definition) is 3. The van der Waals surface area contributed by atoms with E-state index in [1.165, 1.54) is 5.56 Å². The monoisotopic (exact) mass is 293 g/mol. The van der Waals surface area contributed by atoms with Crippen molar-refractivity contribution in [3.63, 3.8) is 0 Å². The van der Waals surface area contributed by atoms with Crippen molar-refractivity contribution in [3.8, 4) is 5.75 Å². The van der Waals surface area contributed by atoms with Crippen molar-refractivity contribution in [2.45, 2.75) is 58.7 Å². The maximum atomic E-state index is 11.8. The topological polar surface area (TPSA) is 58.6 Å². The molecule has 0 aliphatic heterocycles. The average molecular weight is 293 g/mol. The number of carbonyl (C=O) groups excluding carboxylic acids is 1. The maximum absolute atomic E-state index is 11.8. The van der Waals surface area contributed by atoms with Crippen LogP contribution in [0, 0.1) is 0 Å². The van der Waals surface area contributed by atoms with Crippen LogP contribution in [0.1, 0.15) is 46.6 Å². The highest BCUT2D eigenvalue weighted by molar-refractivity contribution is 5.80. The summed E-state index contributed by atoms with van der Waals surface area (Å²) in [5, 5.41) is 11.9. The van der Waals surface area contributed by atoms with Crippen molar-refractivity contribution in [1.29, 1.82) is 0 Å². The van der Waals surface area contributed by atoms with E-state index < -0.39 is 12.2 Å². The molecule has 0 heterocycles. The highest BCUT2D eigenvalue weighted by atomic mass is 16.5. The minimum atomic E-state index is -0.556. The van der Waals surface area contributed by atoms with Gasteiger partial charge in [-0.1, -0.05) is 32.9 Å². The number of rotatable bonds is 6. The molecular weight excluding hydrogens is 266 g/mol. The minimum absolute atomic E-state index is 0.0997. The average Bonchev–Trinajstić information content (AvgIpc) is 2.37. The first-order valence-corrected chi connectivity index (χ1v) is 7.43. The van der Waals surface area contributed by atoms with Crippen LogP contribution in [0.2, 0.25) is 0 Å². The predicted molar refractivity (Wildman–Crippen MR) is 84.5 cm³/mol. The van der Waals surface area contributed by atoms with Crippen LogP contribution in [0.4, 0.5) is 0 Å². The summed E-state index contributed by atoms with van der Waals surface area (Å²) in [6, 6.07) is 7.82. The second-order valence-electron chi connectivity index (χ2n) is 6.46. The van der Waals surface area contributed by atoms with Crippen molar-refractivity contribution >= 4 is 5.91 Å². The molecule has 0 aliphatic carbocycles. The lowest BCUT2D eigenvalue weighted by Gasteiger charge is -2.20. The standard InChI is InChI=1S/C17H27NO3/c1-12(19)10-11-18-16(20)13(2)21-15-8-6-14(7-9-15)17(3,4)5/h6-9,12-13,19H,10-11H2,1-5H3,(H,18,20).